The molecule has 1 aromatic heterocycles. The molecule has 0 N–H and O–H groups in total. The van der Waals surface area contributed by atoms with E-state index in [4.69, 9.17) is 14.2 Å². The van der Waals surface area contributed by atoms with E-state index < -0.39 is 18.6 Å². The number of halogens is 2. The Bertz CT molecular complexity index is 1270. The van der Waals surface area contributed by atoms with Gasteiger partial charge in [0.15, 0.2) is 17.2 Å². The van der Waals surface area contributed by atoms with Crippen molar-refractivity contribution in [2.24, 2.45) is 4.99 Å². The second-order valence-electron chi connectivity index (χ2n) is 6.78. The van der Waals surface area contributed by atoms with E-state index in [0.29, 0.717) is 11.1 Å². The first-order chi connectivity index (χ1) is 16.4. The van der Waals surface area contributed by atoms with Crippen LogP contribution in [0.5, 0.6) is 17.2 Å². The van der Waals surface area contributed by atoms with Crippen molar-refractivity contribution in [3.63, 3.8) is 0 Å². The van der Waals surface area contributed by atoms with Crippen LogP contribution in [0.15, 0.2) is 77.7 Å². The van der Waals surface area contributed by atoms with Crippen LogP contribution in [-0.4, -0.2) is 36.5 Å². The number of aliphatic imine (C=N–C) groups is 1. The normalized spacial score (nSPS) is 14.1. The highest BCUT2D eigenvalue weighted by atomic mass is 19.3. The molecule has 2 aromatic carbocycles. The Morgan fingerprint density at radius 2 is 1.88 bits per heavy atom. The van der Waals surface area contributed by atoms with Crippen molar-refractivity contribution >= 4 is 23.9 Å². The number of benzene rings is 2. The molecule has 0 saturated carbocycles. The number of cyclic esters (lactones) is 1. The van der Waals surface area contributed by atoms with Crippen molar-refractivity contribution < 1.29 is 37.3 Å². The van der Waals surface area contributed by atoms with Gasteiger partial charge in [-0.25, -0.2) is 14.6 Å². The molecule has 34 heavy (non-hydrogen) atoms. The Kier molecular flexibility index (Phi) is 6.58. The predicted octanol–water partition coefficient (Wildman–Crippen LogP) is 4.26. The standard InChI is InChI=1S/C24H16F2N2O6/c1-31-20-12-14(4-9-19(20)33-22(29)16-3-2-10-27-13-16)11-18-23(30)34-21(28-18)15-5-7-17(8-6-15)32-24(25)26/h2-13,24H,1H3/b18-11-. The summed E-state index contributed by atoms with van der Waals surface area (Å²) in [6.45, 7) is -2.94. The zero-order chi connectivity index (χ0) is 24.1. The number of aromatic nitrogens is 1. The summed E-state index contributed by atoms with van der Waals surface area (Å²) in [5.74, 6) is -0.852. The van der Waals surface area contributed by atoms with Crippen LogP contribution >= 0.6 is 0 Å². The third kappa shape index (κ3) is 5.23. The van der Waals surface area contributed by atoms with Crippen molar-refractivity contribution in [1.82, 2.24) is 4.98 Å². The summed E-state index contributed by atoms with van der Waals surface area (Å²) in [4.78, 5) is 32.6. The molecule has 3 aromatic rings. The van der Waals surface area contributed by atoms with E-state index in [9.17, 15) is 18.4 Å². The van der Waals surface area contributed by atoms with Gasteiger partial charge in [-0.1, -0.05) is 6.07 Å². The number of pyridine rings is 1. The molecular weight excluding hydrogens is 450 g/mol. The molecule has 172 valence electrons. The summed E-state index contributed by atoms with van der Waals surface area (Å²) in [6.07, 6.45) is 4.39. The topological polar surface area (TPSA) is 96.3 Å². The minimum atomic E-state index is -2.94. The van der Waals surface area contributed by atoms with E-state index in [-0.39, 0.29) is 34.4 Å². The number of hydrogen-bond donors (Lipinski definition) is 0. The van der Waals surface area contributed by atoms with Gasteiger partial charge in [0.05, 0.1) is 12.7 Å². The minimum Gasteiger partial charge on any atom is -0.493 e. The van der Waals surface area contributed by atoms with Crippen molar-refractivity contribution in [2.45, 2.75) is 6.61 Å². The second-order valence-corrected chi connectivity index (χ2v) is 6.78. The van der Waals surface area contributed by atoms with E-state index in [1.165, 1.54) is 49.7 Å². The van der Waals surface area contributed by atoms with Gasteiger partial charge in [-0.15, -0.1) is 0 Å². The molecule has 1 aliphatic heterocycles. The first-order valence-corrected chi connectivity index (χ1v) is 9.81. The summed E-state index contributed by atoms with van der Waals surface area (Å²) in [5, 5.41) is 0. The Morgan fingerprint density at radius 3 is 2.56 bits per heavy atom. The highest BCUT2D eigenvalue weighted by Gasteiger charge is 2.24. The molecule has 1 aliphatic rings. The molecule has 0 bridgehead atoms. The van der Waals surface area contributed by atoms with Gasteiger partial charge in [0.2, 0.25) is 5.90 Å². The van der Waals surface area contributed by atoms with Crippen LogP contribution in [-0.2, 0) is 9.53 Å². The highest BCUT2D eigenvalue weighted by Crippen LogP contribution is 2.30. The fourth-order valence-corrected chi connectivity index (χ4v) is 2.97. The maximum Gasteiger partial charge on any atom is 0.387 e. The summed E-state index contributed by atoms with van der Waals surface area (Å²) >= 11 is 0. The summed E-state index contributed by atoms with van der Waals surface area (Å²) in [7, 11) is 1.41. The van der Waals surface area contributed by atoms with Crippen LogP contribution in [0, 0.1) is 0 Å². The lowest BCUT2D eigenvalue weighted by molar-refractivity contribution is -0.129. The third-order valence-electron chi connectivity index (χ3n) is 4.54. The number of carbonyl (C=O) groups is 2. The molecule has 10 heteroatoms. The van der Waals surface area contributed by atoms with Gasteiger partial charge < -0.3 is 18.9 Å². The van der Waals surface area contributed by atoms with Crippen molar-refractivity contribution in [2.75, 3.05) is 7.11 Å². The van der Waals surface area contributed by atoms with Gasteiger partial charge in [-0.2, -0.15) is 8.78 Å². The number of carbonyl (C=O) groups excluding carboxylic acids is 2. The minimum absolute atomic E-state index is 0.0186. The van der Waals surface area contributed by atoms with E-state index in [1.54, 1.807) is 30.5 Å². The Morgan fingerprint density at radius 1 is 1.09 bits per heavy atom. The van der Waals surface area contributed by atoms with Crippen LogP contribution in [0.1, 0.15) is 21.5 Å². The van der Waals surface area contributed by atoms with Crippen LogP contribution in [0.3, 0.4) is 0 Å². The fourth-order valence-electron chi connectivity index (χ4n) is 2.97. The smallest absolute Gasteiger partial charge is 0.387 e. The molecule has 4 rings (SSSR count). The van der Waals surface area contributed by atoms with E-state index in [0.717, 1.165) is 0 Å². The number of hydrogen-bond acceptors (Lipinski definition) is 8. The van der Waals surface area contributed by atoms with Crippen molar-refractivity contribution in [1.29, 1.82) is 0 Å². The van der Waals surface area contributed by atoms with Crippen molar-refractivity contribution in [3.8, 4) is 17.2 Å². The number of methoxy groups -OCH3 is 1. The van der Waals surface area contributed by atoms with Gasteiger partial charge in [0.25, 0.3) is 0 Å². The predicted molar refractivity (Wildman–Crippen MR) is 116 cm³/mol. The second kappa shape index (κ2) is 9.90. The lowest BCUT2D eigenvalue weighted by Crippen LogP contribution is -2.09. The number of rotatable bonds is 7. The number of ether oxygens (including phenoxy) is 4. The lowest BCUT2D eigenvalue weighted by atomic mass is 10.1. The number of nitrogens with zero attached hydrogens (tertiary/aromatic N) is 2. The maximum absolute atomic E-state index is 12.3. The van der Waals surface area contributed by atoms with Crippen LogP contribution in [0.25, 0.3) is 6.08 Å². The van der Waals surface area contributed by atoms with Crippen LogP contribution in [0.2, 0.25) is 0 Å². The average molecular weight is 466 g/mol. The maximum atomic E-state index is 12.3. The van der Waals surface area contributed by atoms with E-state index >= 15 is 0 Å². The zero-order valence-electron chi connectivity index (χ0n) is 17.6. The molecular formula is C24H16F2N2O6. The quantitative estimate of drug-likeness (QED) is 0.292. The fraction of sp³-hybridized carbons (Fsp3) is 0.0833. The van der Waals surface area contributed by atoms with Gasteiger partial charge in [0, 0.05) is 18.0 Å². The van der Waals surface area contributed by atoms with Crippen LogP contribution in [0.4, 0.5) is 8.78 Å². The van der Waals surface area contributed by atoms with Gasteiger partial charge in [-0.05, 0) is 60.2 Å². The summed E-state index contributed by atoms with van der Waals surface area (Å²) in [5.41, 5.74) is 1.24. The summed E-state index contributed by atoms with van der Waals surface area (Å²) < 4.78 is 44.7. The molecule has 0 saturated heterocycles. The summed E-state index contributed by atoms with van der Waals surface area (Å²) in [6, 6.07) is 13.4. The molecule has 0 atom stereocenters. The molecule has 2 heterocycles. The molecule has 0 fully saturated rings. The highest BCUT2D eigenvalue weighted by molar-refractivity contribution is 6.12. The number of alkyl halides is 2. The molecule has 0 amide bonds. The number of esters is 2. The van der Waals surface area contributed by atoms with E-state index in [2.05, 4.69) is 14.7 Å². The molecule has 0 aliphatic carbocycles. The first-order valence-electron chi connectivity index (χ1n) is 9.81. The van der Waals surface area contributed by atoms with E-state index in [1.807, 2.05) is 0 Å². The monoisotopic (exact) mass is 466 g/mol. The van der Waals surface area contributed by atoms with Gasteiger partial charge in [0.1, 0.15) is 5.75 Å². The molecule has 8 nitrogen and oxygen atoms in total. The zero-order valence-corrected chi connectivity index (χ0v) is 17.6. The Labute approximate surface area is 192 Å². The molecule has 0 unspecified atom stereocenters. The van der Waals surface area contributed by atoms with Gasteiger partial charge >= 0.3 is 18.6 Å². The lowest BCUT2D eigenvalue weighted by Gasteiger charge is -2.10. The molecule has 0 radical (unpaired) electrons. The SMILES string of the molecule is COc1cc(/C=C2\N=C(c3ccc(OC(F)F)cc3)OC2=O)ccc1OC(=O)c1cccnc1. The van der Waals surface area contributed by atoms with Crippen LogP contribution < -0.4 is 14.2 Å². The third-order valence-corrected chi connectivity index (χ3v) is 4.54. The van der Waals surface area contributed by atoms with Crippen molar-refractivity contribution in [3.05, 3.63) is 89.4 Å². The average Bonchev–Trinajstić information content (AvgIpc) is 3.20. The first kappa shape index (κ1) is 22.6. The molecule has 0 spiro atoms. The Balaban J connectivity index is 1.53. The van der Waals surface area contributed by atoms with Gasteiger partial charge in [-0.3, -0.25) is 4.98 Å². The largest absolute Gasteiger partial charge is 0.493 e. The Hall–Kier alpha value is -4.60.